The normalized spacial score (nSPS) is 14.4. The summed E-state index contributed by atoms with van der Waals surface area (Å²) in [5, 5.41) is 7.16. The number of anilines is 1. The summed E-state index contributed by atoms with van der Waals surface area (Å²) in [7, 11) is 0. The van der Waals surface area contributed by atoms with Gasteiger partial charge < -0.3 is 14.8 Å². The van der Waals surface area contributed by atoms with Crippen molar-refractivity contribution in [2.24, 2.45) is 11.0 Å². The summed E-state index contributed by atoms with van der Waals surface area (Å²) >= 11 is 7.15. The Morgan fingerprint density at radius 3 is 2.56 bits per heavy atom. The molecular weight excluding hydrogens is 542 g/mol. The Hall–Kier alpha value is -4.02. The van der Waals surface area contributed by atoms with Gasteiger partial charge in [0.15, 0.2) is 0 Å². The van der Waals surface area contributed by atoms with Gasteiger partial charge >= 0.3 is 23.8 Å². The number of fused-ring (bicyclic) bond motifs is 1. The standard InChI is InChI=1S/C28H26ClN3O6S/c1-3-37-28(36)23-20-13-8-16(2)14-22(20)39-26(23)31-24(33)25(34)32-30-15-18-6-4-5-7-21(18)38-27(35)17-9-11-19(29)12-10-17/h4-7,9-12,15-16H,3,8,13-14H2,1-2H3,(H,31,33)(H,32,34)/b30-15-/t16-/m0/s1. The lowest BCUT2D eigenvalue weighted by Gasteiger charge is -2.18. The number of nitrogens with one attached hydrogen (secondary N) is 2. The maximum absolute atomic E-state index is 12.6. The Morgan fingerprint density at radius 2 is 1.82 bits per heavy atom. The topological polar surface area (TPSA) is 123 Å². The van der Waals surface area contributed by atoms with Crippen LogP contribution in [0.25, 0.3) is 0 Å². The Labute approximate surface area is 234 Å². The number of hydrogen-bond acceptors (Lipinski definition) is 8. The molecule has 1 aliphatic carbocycles. The number of benzene rings is 2. The molecule has 11 heteroatoms. The van der Waals surface area contributed by atoms with Crippen molar-refractivity contribution in [3.63, 3.8) is 0 Å². The molecule has 0 bridgehead atoms. The van der Waals surface area contributed by atoms with E-state index in [1.165, 1.54) is 29.7 Å². The van der Waals surface area contributed by atoms with Crippen molar-refractivity contribution in [1.82, 2.24) is 5.43 Å². The molecule has 39 heavy (non-hydrogen) atoms. The number of para-hydroxylation sites is 1. The second-order valence-electron chi connectivity index (χ2n) is 8.86. The van der Waals surface area contributed by atoms with Crippen molar-refractivity contribution in [1.29, 1.82) is 0 Å². The van der Waals surface area contributed by atoms with E-state index in [9.17, 15) is 19.2 Å². The van der Waals surface area contributed by atoms with E-state index < -0.39 is 23.8 Å². The molecule has 0 saturated carbocycles. The van der Waals surface area contributed by atoms with Gasteiger partial charge in [0.2, 0.25) is 0 Å². The van der Waals surface area contributed by atoms with Gasteiger partial charge in [0.05, 0.1) is 23.9 Å². The number of rotatable bonds is 7. The fourth-order valence-corrected chi connectivity index (χ4v) is 5.57. The van der Waals surface area contributed by atoms with E-state index in [1.807, 2.05) is 0 Å². The van der Waals surface area contributed by atoms with Gasteiger partial charge in [-0.25, -0.2) is 15.0 Å². The SMILES string of the molecule is CCOC(=O)c1c(NC(=O)C(=O)N/N=C\c2ccccc2OC(=O)c2ccc(Cl)cc2)sc2c1CC[C@H](C)C2. The monoisotopic (exact) mass is 567 g/mol. The first-order valence-electron chi connectivity index (χ1n) is 12.3. The van der Waals surface area contributed by atoms with Gasteiger partial charge in [-0.05, 0) is 74.1 Å². The molecule has 1 heterocycles. The Morgan fingerprint density at radius 1 is 1.08 bits per heavy atom. The number of nitrogens with zero attached hydrogens (tertiary/aromatic N) is 1. The maximum Gasteiger partial charge on any atom is 0.343 e. The minimum absolute atomic E-state index is 0.193. The molecule has 0 spiro atoms. The Balaban J connectivity index is 1.42. The Bertz CT molecular complexity index is 1430. The lowest BCUT2D eigenvalue weighted by molar-refractivity contribution is -0.136. The second kappa shape index (κ2) is 12.7. The van der Waals surface area contributed by atoms with Crippen LogP contribution in [0.5, 0.6) is 5.75 Å². The third-order valence-corrected chi connectivity index (χ3v) is 7.42. The van der Waals surface area contributed by atoms with Crippen LogP contribution in [0, 0.1) is 5.92 Å². The van der Waals surface area contributed by atoms with Crippen molar-refractivity contribution in [3.05, 3.63) is 80.7 Å². The van der Waals surface area contributed by atoms with Crippen LogP contribution in [0.2, 0.25) is 5.02 Å². The van der Waals surface area contributed by atoms with Crippen molar-refractivity contribution in [3.8, 4) is 5.75 Å². The summed E-state index contributed by atoms with van der Waals surface area (Å²) in [5.74, 6) is -2.47. The molecule has 2 amide bonds. The van der Waals surface area contributed by atoms with Gasteiger partial charge in [0, 0.05) is 15.5 Å². The molecule has 1 aliphatic rings. The molecule has 9 nitrogen and oxygen atoms in total. The number of amides is 2. The molecule has 0 radical (unpaired) electrons. The quantitative estimate of drug-likeness (QED) is 0.136. The zero-order chi connectivity index (χ0) is 27.9. The van der Waals surface area contributed by atoms with Crippen molar-refractivity contribution < 1.29 is 28.7 Å². The van der Waals surface area contributed by atoms with Crippen molar-refractivity contribution in [2.75, 3.05) is 11.9 Å². The van der Waals surface area contributed by atoms with Crippen LogP contribution in [0.3, 0.4) is 0 Å². The van der Waals surface area contributed by atoms with E-state index in [2.05, 4.69) is 22.8 Å². The summed E-state index contributed by atoms with van der Waals surface area (Å²) in [4.78, 5) is 51.2. The van der Waals surface area contributed by atoms with E-state index in [1.54, 1.807) is 43.3 Å². The average molecular weight is 568 g/mol. The van der Waals surface area contributed by atoms with Crippen LogP contribution in [0.4, 0.5) is 5.00 Å². The first-order valence-corrected chi connectivity index (χ1v) is 13.5. The van der Waals surface area contributed by atoms with Crippen molar-refractivity contribution >= 4 is 57.9 Å². The number of thiophene rings is 1. The molecule has 0 saturated heterocycles. The van der Waals surface area contributed by atoms with Crippen LogP contribution >= 0.6 is 22.9 Å². The van der Waals surface area contributed by atoms with E-state index in [0.717, 1.165) is 23.3 Å². The van der Waals surface area contributed by atoms with E-state index in [-0.39, 0.29) is 17.4 Å². The summed E-state index contributed by atoms with van der Waals surface area (Å²) < 4.78 is 10.6. The lowest BCUT2D eigenvalue weighted by atomic mass is 9.88. The van der Waals surface area contributed by atoms with E-state index in [0.29, 0.717) is 34.1 Å². The van der Waals surface area contributed by atoms with Gasteiger partial charge in [-0.3, -0.25) is 9.59 Å². The number of hydrazone groups is 1. The number of hydrogen-bond donors (Lipinski definition) is 2. The molecular formula is C28H26ClN3O6S. The third-order valence-electron chi connectivity index (χ3n) is 6.00. The fraction of sp³-hybridized carbons (Fsp3) is 0.250. The van der Waals surface area contributed by atoms with Crippen LogP contribution < -0.4 is 15.5 Å². The van der Waals surface area contributed by atoms with Gasteiger partial charge in [-0.15, -0.1) is 11.3 Å². The summed E-state index contributed by atoms with van der Waals surface area (Å²) in [6, 6.07) is 12.8. The fourth-order valence-electron chi connectivity index (χ4n) is 4.05. The maximum atomic E-state index is 12.6. The molecule has 0 aliphatic heterocycles. The summed E-state index contributed by atoms with van der Waals surface area (Å²) in [5.41, 5.74) is 4.05. The van der Waals surface area contributed by atoms with Crippen LogP contribution in [-0.4, -0.2) is 36.6 Å². The third kappa shape index (κ3) is 6.90. The molecule has 2 N–H and O–H groups in total. The first kappa shape index (κ1) is 28.0. The van der Waals surface area contributed by atoms with Gasteiger partial charge in [-0.1, -0.05) is 30.7 Å². The summed E-state index contributed by atoms with van der Waals surface area (Å²) in [6.45, 7) is 4.03. The highest BCUT2D eigenvalue weighted by molar-refractivity contribution is 7.17. The highest BCUT2D eigenvalue weighted by atomic mass is 35.5. The molecule has 0 unspecified atom stereocenters. The molecule has 1 atom stereocenters. The minimum atomic E-state index is -1.03. The molecule has 1 aromatic heterocycles. The number of carbonyl (C=O) groups excluding carboxylic acids is 4. The van der Waals surface area contributed by atoms with Crippen LogP contribution in [0.15, 0.2) is 53.6 Å². The molecule has 0 fully saturated rings. The van der Waals surface area contributed by atoms with E-state index in [4.69, 9.17) is 21.1 Å². The largest absolute Gasteiger partial charge is 0.462 e. The van der Waals surface area contributed by atoms with Gasteiger partial charge in [0.25, 0.3) is 0 Å². The van der Waals surface area contributed by atoms with E-state index >= 15 is 0 Å². The smallest absolute Gasteiger partial charge is 0.343 e. The number of carbonyl (C=O) groups is 4. The predicted molar refractivity (Wildman–Crippen MR) is 149 cm³/mol. The first-order chi connectivity index (χ1) is 18.8. The van der Waals surface area contributed by atoms with Crippen LogP contribution in [-0.2, 0) is 27.2 Å². The highest BCUT2D eigenvalue weighted by Gasteiger charge is 2.30. The number of ether oxygens (including phenoxy) is 2. The lowest BCUT2D eigenvalue weighted by Crippen LogP contribution is -2.32. The number of esters is 2. The average Bonchev–Trinajstić information content (AvgIpc) is 3.26. The van der Waals surface area contributed by atoms with Gasteiger partial charge in [0.1, 0.15) is 10.8 Å². The Kier molecular flexibility index (Phi) is 9.11. The molecule has 3 aromatic rings. The second-order valence-corrected chi connectivity index (χ2v) is 10.4. The predicted octanol–water partition coefficient (Wildman–Crippen LogP) is 5.01. The molecule has 2 aromatic carbocycles. The van der Waals surface area contributed by atoms with Crippen LogP contribution in [0.1, 0.15) is 57.0 Å². The number of halogens is 1. The zero-order valence-corrected chi connectivity index (χ0v) is 22.9. The zero-order valence-electron chi connectivity index (χ0n) is 21.3. The van der Waals surface area contributed by atoms with Crippen molar-refractivity contribution in [2.45, 2.75) is 33.1 Å². The highest BCUT2D eigenvalue weighted by Crippen LogP contribution is 2.40. The molecule has 202 valence electrons. The minimum Gasteiger partial charge on any atom is -0.462 e. The van der Waals surface area contributed by atoms with Gasteiger partial charge in [-0.2, -0.15) is 5.10 Å². The summed E-state index contributed by atoms with van der Waals surface area (Å²) in [6.07, 6.45) is 3.68. The molecule has 4 rings (SSSR count).